The fraction of sp³-hybridized carbons (Fsp3) is 0.625. The molecule has 1 unspecified atom stereocenters. The van der Waals surface area contributed by atoms with Gasteiger partial charge in [-0.3, -0.25) is 4.79 Å². The topological polar surface area (TPSA) is 113 Å². The Bertz CT molecular complexity index is 499. The second kappa shape index (κ2) is 13.1. The summed E-state index contributed by atoms with van der Waals surface area (Å²) in [7, 11) is 0. The lowest BCUT2D eigenvalue weighted by molar-refractivity contribution is 0.0972. The predicted molar refractivity (Wildman–Crippen MR) is 106 cm³/mol. The molecule has 1 aromatic rings. The standard InChI is InChI=1S/C16H28N4O3.HI/c1-3-5-12(8-9-21)10-19-16(18-4-2)20-11-13-6-7-14(23-13)15(17)22;/h6-7,12,21H,3-5,8-11H2,1-2H3,(H2,17,22)(H2,18,19,20);1H. The van der Waals surface area contributed by atoms with Crippen LogP contribution < -0.4 is 16.4 Å². The van der Waals surface area contributed by atoms with Gasteiger partial charge >= 0.3 is 0 Å². The van der Waals surface area contributed by atoms with Crippen LogP contribution in [-0.4, -0.2) is 36.7 Å². The zero-order chi connectivity index (χ0) is 17.1. The third-order valence-electron chi connectivity index (χ3n) is 3.43. The highest BCUT2D eigenvalue weighted by Crippen LogP contribution is 2.10. The van der Waals surface area contributed by atoms with Crippen molar-refractivity contribution >= 4 is 35.8 Å². The largest absolute Gasteiger partial charge is 0.454 e. The van der Waals surface area contributed by atoms with E-state index in [4.69, 9.17) is 15.3 Å². The lowest BCUT2D eigenvalue weighted by atomic mass is 10.0. The molecule has 1 heterocycles. The molecular formula is C16H29IN4O3. The van der Waals surface area contributed by atoms with Gasteiger partial charge in [0.15, 0.2) is 11.7 Å². The number of nitrogens with two attached hydrogens (primary N) is 1. The van der Waals surface area contributed by atoms with Crippen molar-refractivity contribution in [1.82, 2.24) is 10.6 Å². The third-order valence-corrected chi connectivity index (χ3v) is 3.43. The summed E-state index contributed by atoms with van der Waals surface area (Å²) in [6, 6.07) is 3.24. The number of amides is 1. The van der Waals surface area contributed by atoms with E-state index in [2.05, 4.69) is 22.5 Å². The number of nitrogens with one attached hydrogen (secondary N) is 2. The quantitative estimate of drug-likeness (QED) is 0.246. The second-order valence-electron chi connectivity index (χ2n) is 5.37. The maximum Gasteiger partial charge on any atom is 0.284 e. The number of hydrogen-bond acceptors (Lipinski definition) is 4. The smallest absolute Gasteiger partial charge is 0.284 e. The molecular weight excluding hydrogens is 423 g/mol. The Labute approximate surface area is 160 Å². The minimum absolute atomic E-state index is 0. The maximum atomic E-state index is 11.0. The Morgan fingerprint density at radius 2 is 2.08 bits per heavy atom. The Hall–Kier alpha value is -1.29. The van der Waals surface area contributed by atoms with Crippen molar-refractivity contribution in [3.05, 3.63) is 23.7 Å². The van der Waals surface area contributed by atoms with Crippen LogP contribution >= 0.6 is 24.0 Å². The predicted octanol–water partition coefficient (Wildman–Crippen LogP) is 1.85. The Morgan fingerprint density at radius 3 is 2.62 bits per heavy atom. The van der Waals surface area contributed by atoms with Gasteiger partial charge in [0.05, 0.1) is 0 Å². The summed E-state index contributed by atoms with van der Waals surface area (Å²) in [5, 5.41) is 15.6. The number of aliphatic imine (C=N–C) groups is 1. The van der Waals surface area contributed by atoms with Crippen LogP contribution in [0.5, 0.6) is 0 Å². The van der Waals surface area contributed by atoms with Gasteiger partial charge in [-0.15, -0.1) is 24.0 Å². The zero-order valence-electron chi connectivity index (χ0n) is 14.4. The van der Waals surface area contributed by atoms with Crippen molar-refractivity contribution in [2.24, 2.45) is 16.6 Å². The van der Waals surface area contributed by atoms with E-state index in [9.17, 15) is 4.79 Å². The number of nitrogens with zero attached hydrogens (tertiary/aromatic N) is 1. The molecule has 1 amide bonds. The lowest BCUT2D eigenvalue weighted by Gasteiger charge is -2.18. The van der Waals surface area contributed by atoms with Crippen LogP contribution in [-0.2, 0) is 6.54 Å². The first kappa shape index (κ1) is 22.7. The number of aliphatic hydroxyl groups is 1. The Balaban J connectivity index is 0.00000529. The molecule has 0 aliphatic carbocycles. The highest BCUT2D eigenvalue weighted by atomic mass is 127. The van der Waals surface area contributed by atoms with Gasteiger partial charge < -0.3 is 25.9 Å². The van der Waals surface area contributed by atoms with E-state index in [0.29, 0.717) is 24.2 Å². The number of carbonyl (C=O) groups excluding carboxylic acids is 1. The first-order valence-electron chi connectivity index (χ1n) is 8.12. The van der Waals surface area contributed by atoms with Gasteiger partial charge in [0.25, 0.3) is 5.91 Å². The molecule has 138 valence electrons. The molecule has 0 aromatic carbocycles. The highest BCUT2D eigenvalue weighted by Gasteiger charge is 2.09. The summed E-state index contributed by atoms with van der Waals surface area (Å²) < 4.78 is 5.31. The molecule has 5 N–H and O–H groups in total. The van der Waals surface area contributed by atoms with Crippen LogP contribution in [0, 0.1) is 5.92 Å². The number of aliphatic hydroxyl groups excluding tert-OH is 1. The van der Waals surface area contributed by atoms with E-state index in [0.717, 1.165) is 32.4 Å². The van der Waals surface area contributed by atoms with E-state index in [1.165, 1.54) is 0 Å². The third kappa shape index (κ3) is 8.53. The SMILES string of the molecule is CCCC(CCO)CNC(=NCc1ccc(C(N)=O)o1)NCC.I. The molecule has 1 rings (SSSR count). The van der Waals surface area contributed by atoms with Crippen molar-refractivity contribution in [3.63, 3.8) is 0 Å². The molecule has 7 nitrogen and oxygen atoms in total. The second-order valence-corrected chi connectivity index (χ2v) is 5.37. The minimum Gasteiger partial charge on any atom is -0.454 e. The van der Waals surface area contributed by atoms with Crippen LogP contribution in [0.1, 0.15) is 49.4 Å². The number of guanidine groups is 1. The van der Waals surface area contributed by atoms with Crippen molar-refractivity contribution in [3.8, 4) is 0 Å². The molecule has 0 radical (unpaired) electrons. The Morgan fingerprint density at radius 1 is 1.33 bits per heavy atom. The monoisotopic (exact) mass is 452 g/mol. The number of furan rings is 1. The van der Waals surface area contributed by atoms with Gasteiger partial charge in [0, 0.05) is 19.7 Å². The number of halogens is 1. The summed E-state index contributed by atoms with van der Waals surface area (Å²) in [4.78, 5) is 15.4. The van der Waals surface area contributed by atoms with Gasteiger partial charge in [0.1, 0.15) is 12.3 Å². The normalized spacial score (nSPS) is 12.4. The van der Waals surface area contributed by atoms with Crippen LogP contribution in [0.4, 0.5) is 0 Å². The average Bonchev–Trinajstić information content (AvgIpc) is 2.99. The molecule has 0 fully saturated rings. The van der Waals surface area contributed by atoms with Crippen LogP contribution in [0.15, 0.2) is 21.5 Å². The summed E-state index contributed by atoms with van der Waals surface area (Å²) in [6.45, 7) is 6.15. The molecule has 24 heavy (non-hydrogen) atoms. The lowest BCUT2D eigenvalue weighted by Crippen LogP contribution is -2.40. The van der Waals surface area contributed by atoms with Crippen molar-refractivity contribution in [2.45, 2.75) is 39.7 Å². The summed E-state index contributed by atoms with van der Waals surface area (Å²) in [5.41, 5.74) is 5.16. The molecule has 0 saturated carbocycles. The van der Waals surface area contributed by atoms with E-state index >= 15 is 0 Å². The number of hydrogen-bond donors (Lipinski definition) is 4. The Kier molecular flexibility index (Phi) is 12.4. The van der Waals surface area contributed by atoms with Gasteiger partial charge in [-0.25, -0.2) is 4.99 Å². The molecule has 0 aliphatic rings. The maximum absolute atomic E-state index is 11.0. The van der Waals surface area contributed by atoms with Gasteiger partial charge in [-0.2, -0.15) is 0 Å². The van der Waals surface area contributed by atoms with Crippen molar-refractivity contribution < 1.29 is 14.3 Å². The van der Waals surface area contributed by atoms with E-state index in [1.807, 2.05) is 6.92 Å². The summed E-state index contributed by atoms with van der Waals surface area (Å²) in [6.07, 6.45) is 2.93. The molecule has 1 atom stereocenters. The van der Waals surface area contributed by atoms with Crippen molar-refractivity contribution in [2.75, 3.05) is 19.7 Å². The van der Waals surface area contributed by atoms with E-state index in [1.54, 1.807) is 12.1 Å². The fourth-order valence-corrected chi connectivity index (χ4v) is 2.27. The molecule has 0 bridgehead atoms. The van der Waals surface area contributed by atoms with E-state index in [-0.39, 0.29) is 36.3 Å². The number of rotatable bonds is 10. The van der Waals surface area contributed by atoms with Crippen LogP contribution in [0.3, 0.4) is 0 Å². The van der Waals surface area contributed by atoms with Gasteiger partial charge in [0.2, 0.25) is 0 Å². The molecule has 8 heteroatoms. The average molecular weight is 452 g/mol. The van der Waals surface area contributed by atoms with Crippen LogP contribution in [0.2, 0.25) is 0 Å². The van der Waals surface area contributed by atoms with E-state index < -0.39 is 5.91 Å². The summed E-state index contributed by atoms with van der Waals surface area (Å²) >= 11 is 0. The molecule has 0 aliphatic heterocycles. The first-order valence-corrected chi connectivity index (χ1v) is 8.12. The zero-order valence-corrected chi connectivity index (χ0v) is 16.7. The molecule has 0 saturated heterocycles. The number of carbonyl (C=O) groups is 1. The van der Waals surface area contributed by atoms with Crippen molar-refractivity contribution in [1.29, 1.82) is 0 Å². The summed E-state index contributed by atoms with van der Waals surface area (Å²) in [5.74, 6) is 1.23. The minimum atomic E-state index is -0.586. The fourth-order valence-electron chi connectivity index (χ4n) is 2.27. The van der Waals surface area contributed by atoms with Crippen LogP contribution in [0.25, 0.3) is 0 Å². The van der Waals surface area contributed by atoms with Gasteiger partial charge in [-0.1, -0.05) is 13.3 Å². The molecule has 1 aromatic heterocycles. The number of primary amides is 1. The first-order chi connectivity index (χ1) is 11.1. The molecule has 0 spiro atoms. The highest BCUT2D eigenvalue weighted by molar-refractivity contribution is 14.0. The van der Waals surface area contributed by atoms with Gasteiger partial charge in [-0.05, 0) is 37.8 Å².